The lowest BCUT2D eigenvalue weighted by molar-refractivity contribution is -0.142. The first-order valence-corrected chi connectivity index (χ1v) is 12.2. The molecule has 2 aliphatic rings. The fourth-order valence-electron chi connectivity index (χ4n) is 4.29. The number of halogens is 1. The van der Waals surface area contributed by atoms with Gasteiger partial charge in [-0.25, -0.2) is 12.8 Å². The monoisotopic (exact) mass is 464 g/mol. The molecule has 0 spiro atoms. The largest absolute Gasteiger partial charge is 0.487 e. The number of nitrogens with one attached hydrogen (secondary N) is 2. The summed E-state index contributed by atoms with van der Waals surface area (Å²) in [5.41, 5.74) is 1.89. The molecule has 2 heterocycles. The van der Waals surface area contributed by atoms with Crippen LogP contribution in [0.3, 0.4) is 0 Å². The standard InChI is InChI=1S/C22H25FN2O6S/c1-32(28,29)25-15-5-6-19-17(8-15)18-9-16(30-20(12-26)22(18)31-19)10-21(27)24-11-13-3-2-4-14(23)7-13/h2-8,16,18,20,22,25-26H,9-12H2,1H3,(H,24,27)/t16-,18+,20-,22-/m0/s1. The topological polar surface area (TPSA) is 114 Å². The van der Waals surface area contributed by atoms with Crippen LogP contribution in [-0.2, 0) is 26.1 Å². The van der Waals surface area contributed by atoms with E-state index in [1.54, 1.807) is 30.3 Å². The maximum Gasteiger partial charge on any atom is 0.229 e. The summed E-state index contributed by atoms with van der Waals surface area (Å²) in [7, 11) is -3.43. The van der Waals surface area contributed by atoms with Gasteiger partial charge >= 0.3 is 0 Å². The van der Waals surface area contributed by atoms with Gasteiger partial charge in [-0.1, -0.05) is 12.1 Å². The third-order valence-electron chi connectivity index (χ3n) is 5.59. The van der Waals surface area contributed by atoms with Crippen LogP contribution in [0.4, 0.5) is 10.1 Å². The van der Waals surface area contributed by atoms with Crippen molar-refractivity contribution in [2.24, 2.45) is 0 Å². The summed E-state index contributed by atoms with van der Waals surface area (Å²) >= 11 is 0. The zero-order valence-corrected chi connectivity index (χ0v) is 18.3. The van der Waals surface area contributed by atoms with E-state index in [1.165, 1.54) is 12.1 Å². The van der Waals surface area contributed by atoms with Crippen molar-refractivity contribution in [2.75, 3.05) is 17.6 Å². The molecule has 0 aliphatic carbocycles. The summed E-state index contributed by atoms with van der Waals surface area (Å²) in [6, 6.07) is 11.0. The number of carbonyl (C=O) groups excluding carboxylic acids is 1. The molecular formula is C22H25FN2O6S. The lowest BCUT2D eigenvalue weighted by atomic mass is 9.84. The summed E-state index contributed by atoms with van der Waals surface area (Å²) in [4.78, 5) is 12.5. The highest BCUT2D eigenvalue weighted by Crippen LogP contribution is 2.47. The number of benzene rings is 2. The van der Waals surface area contributed by atoms with Gasteiger partial charge in [-0.15, -0.1) is 0 Å². The minimum atomic E-state index is -3.43. The van der Waals surface area contributed by atoms with Gasteiger partial charge in [-0.2, -0.15) is 0 Å². The van der Waals surface area contributed by atoms with E-state index in [1.807, 2.05) is 0 Å². The Labute approximate surface area is 185 Å². The highest BCUT2D eigenvalue weighted by Gasteiger charge is 2.46. The Hall–Kier alpha value is -2.69. The fourth-order valence-corrected chi connectivity index (χ4v) is 4.85. The Bertz CT molecular complexity index is 1110. The quantitative estimate of drug-likeness (QED) is 0.577. The van der Waals surface area contributed by atoms with Crippen LogP contribution in [0.5, 0.6) is 5.75 Å². The second-order valence-electron chi connectivity index (χ2n) is 8.14. The number of amides is 1. The molecule has 2 aromatic carbocycles. The van der Waals surface area contributed by atoms with E-state index in [4.69, 9.17) is 9.47 Å². The Morgan fingerprint density at radius 1 is 1.25 bits per heavy atom. The van der Waals surface area contributed by atoms with Crippen molar-refractivity contribution in [2.45, 2.75) is 43.6 Å². The number of ether oxygens (including phenoxy) is 2. The summed E-state index contributed by atoms with van der Waals surface area (Å²) in [5, 5.41) is 12.6. The normalized spacial score (nSPS) is 24.2. The minimum Gasteiger partial charge on any atom is -0.487 e. The third-order valence-corrected chi connectivity index (χ3v) is 6.20. The SMILES string of the molecule is CS(=O)(=O)Nc1ccc2c(c1)[C@H]1C[C@@H](CC(=O)NCc3cccc(F)c3)O[C@@H](CO)[C@H]1O2. The molecule has 4 rings (SSSR count). The van der Waals surface area contributed by atoms with E-state index >= 15 is 0 Å². The van der Waals surface area contributed by atoms with E-state index < -0.39 is 28.3 Å². The Morgan fingerprint density at radius 3 is 2.78 bits per heavy atom. The maximum absolute atomic E-state index is 13.3. The molecule has 0 unspecified atom stereocenters. The molecule has 0 aromatic heterocycles. The molecule has 0 saturated carbocycles. The van der Waals surface area contributed by atoms with Crippen LogP contribution in [0.2, 0.25) is 0 Å². The molecule has 3 N–H and O–H groups in total. The van der Waals surface area contributed by atoms with Gasteiger partial charge in [0.25, 0.3) is 0 Å². The number of sulfonamides is 1. The van der Waals surface area contributed by atoms with Crippen molar-refractivity contribution in [3.8, 4) is 5.75 Å². The highest BCUT2D eigenvalue weighted by molar-refractivity contribution is 7.92. The second kappa shape index (κ2) is 9.05. The first kappa shape index (κ1) is 22.5. The Balaban J connectivity index is 1.44. The van der Waals surface area contributed by atoms with Crippen LogP contribution in [-0.4, -0.2) is 50.6 Å². The summed E-state index contributed by atoms with van der Waals surface area (Å²) in [6.45, 7) is -0.0731. The zero-order valence-electron chi connectivity index (χ0n) is 17.5. The van der Waals surface area contributed by atoms with Gasteiger partial charge in [0.2, 0.25) is 15.9 Å². The number of anilines is 1. The van der Waals surface area contributed by atoms with Crippen LogP contribution in [0.25, 0.3) is 0 Å². The number of aliphatic hydroxyl groups excluding tert-OH is 1. The molecule has 2 aromatic rings. The smallest absolute Gasteiger partial charge is 0.229 e. The first-order chi connectivity index (χ1) is 15.2. The molecule has 172 valence electrons. The number of aliphatic hydroxyl groups is 1. The zero-order chi connectivity index (χ0) is 22.9. The van der Waals surface area contributed by atoms with Crippen molar-refractivity contribution >= 4 is 21.6 Å². The molecular weight excluding hydrogens is 439 g/mol. The lowest BCUT2D eigenvalue weighted by Gasteiger charge is -2.37. The number of hydrogen-bond acceptors (Lipinski definition) is 6. The molecule has 4 atom stereocenters. The molecule has 2 aliphatic heterocycles. The number of carbonyl (C=O) groups is 1. The summed E-state index contributed by atoms with van der Waals surface area (Å²) < 4.78 is 50.8. The summed E-state index contributed by atoms with van der Waals surface area (Å²) in [6.07, 6.45) is 0.134. The minimum absolute atomic E-state index is 0.0750. The third kappa shape index (κ3) is 5.20. The van der Waals surface area contributed by atoms with Crippen LogP contribution in [0.1, 0.15) is 29.9 Å². The lowest BCUT2D eigenvalue weighted by Crippen LogP contribution is -2.47. The van der Waals surface area contributed by atoms with Crippen molar-refractivity contribution in [1.82, 2.24) is 5.32 Å². The average molecular weight is 465 g/mol. The molecule has 1 saturated heterocycles. The van der Waals surface area contributed by atoms with E-state index in [0.717, 1.165) is 11.8 Å². The van der Waals surface area contributed by atoms with E-state index in [0.29, 0.717) is 23.4 Å². The van der Waals surface area contributed by atoms with Crippen LogP contribution >= 0.6 is 0 Å². The van der Waals surface area contributed by atoms with Crippen LogP contribution < -0.4 is 14.8 Å². The fraction of sp³-hybridized carbons (Fsp3) is 0.409. The number of rotatable bonds is 7. The van der Waals surface area contributed by atoms with Gasteiger partial charge in [0.05, 0.1) is 25.4 Å². The van der Waals surface area contributed by atoms with Gasteiger partial charge in [-0.05, 0) is 42.3 Å². The predicted octanol–water partition coefficient (Wildman–Crippen LogP) is 1.90. The Morgan fingerprint density at radius 2 is 2.06 bits per heavy atom. The maximum atomic E-state index is 13.3. The van der Waals surface area contributed by atoms with Crippen LogP contribution in [0, 0.1) is 5.82 Å². The van der Waals surface area contributed by atoms with Crippen molar-refractivity contribution in [3.05, 3.63) is 59.4 Å². The highest BCUT2D eigenvalue weighted by atomic mass is 32.2. The van der Waals surface area contributed by atoms with Gasteiger partial charge in [0.15, 0.2) is 0 Å². The number of hydrogen-bond donors (Lipinski definition) is 3. The molecule has 8 nitrogen and oxygen atoms in total. The van der Waals surface area contributed by atoms with Crippen molar-refractivity contribution in [3.63, 3.8) is 0 Å². The van der Waals surface area contributed by atoms with Gasteiger partial charge < -0.3 is 19.9 Å². The number of fused-ring (bicyclic) bond motifs is 3. The van der Waals surface area contributed by atoms with Gasteiger partial charge in [-0.3, -0.25) is 9.52 Å². The van der Waals surface area contributed by atoms with Crippen molar-refractivity contribution in [1.29, 1.82) is 0 Å². The molecule has 0 radical (unpaired) electrons. The van der Waals surface area contributed by atoms with Gasteiger partial charge in [0.1, 0.15) is 23.8 Å². The average Bonchev–Trinajstić information content (AvgIpc) is 3.08. The predicted molar refractivity (Wildman–Crippen MR) is 115 cm³/mol. The molecule has 10 heteroatoms. The van der Waals surface area contributed by atoms with Crippen LogP contribution in [0.15, 0.2) is 42.5 Å². The molecule has 32 heavy (non-hydrogen) atoms. The van der Waals surface area contributed by atoms with Crippen molar-refractivity contribution < 1.29 is 32.2 Å². The van der Waals surface area contributed by atoms with E-state index in [-0.39, 0.29) is 37.2 Å². The second-order valence-corrected chi connectivity index (χ2v) is 9.89. The molecule has 0 bridgehead atoms. The Kier molecular flexibility index (Phi) is 6.36. The first-order valence-electron chi connectivity index (χ1n) is 10.3. The van der Waals surface area contributed by atoms with E-state index in [9.17, 15) is 22.7 Å². The molecule has 1 amide bonds. The van der Waals surface area contributed by atoms with E-state index in [2.05, 4.69) is 10.0 Å². The van der Waals surface area contributed by atoms with Gasteiger partial charge in [0, 0.05) is 23.7 Å². The molecule has 1 fully saturated rings. The summed E-state index contributed by atoms with van der Waals surface area (Å²) in [5.74, 6) is -0.162.